The number of aliphatic hydroxyl groups is 5. The van der Waals surface area contributed by atoms with E-state index in [2.05, 4.69) is 74.7 Å². The minimum absolute atomic E-state index is 0.120. The summed E-state index contributed by atoms with van der Waals surface area (Å²) in [5.74, 6) is -1.21. The summed E-state index contributed by atoms with van der Waals surface area (Å²) in [4.78, 5) is 26.5. The molecule has 11 nitrogen and oxygen atoms in total. The molecule has 0 aromatic carbocycles. The maximum atomic E-state index is 13.4. The molecule has 1 aliphatic heterocycles. The Hall–Kier alpha value is -2.64. The van der Waals surface area contributed by atoms with Gasteiger partial charge in [0.25, 0.3) is 0 Å². The first-order valence-electron chi connectivity index (χ1n) is 32.1. The maximum absolute atomic E-state index is 13.4. The molecule has 0 aliphatic carbocycles. The van der Waals surface area contributed by atoms with E-state index in [4.69, 9.17) is 14.2 Å². The number of hydrogen-bond acceptors (Lipinski definition) is 10. The smallest absolute Gasteiger partial charge is 0.306 e. The van der Waals surface area contributed by atoms with Gasteiger partial charge in [-0.05, 0) is 89.9 Å². The summed E-state index contributed by atoms with van der Waals surface area (Å²) >= 11 is 0. The highest BCUT2D eigenvalue weighted by molar-refractivity contribution is 5.80. The number of esters is 1. The second kappa shape index (κ2) is 54.0. The standard InChI is InChI=1S/C66H119NO10/c1-4-7-10-13-16-19-22-24-26-28-29-30-31-32-34-36-39-42-45-48-51-54-61(71)77-64-63(73)62(72)60(55-68)76-66(64)75-56-57(58(69)52-49-46-43-40-37-21-18-15-12-9-6-3)67-65(74)59(70)53-50-47-44-41-38-35-33-27-25-23-20-17-14-11-8-5-2/h17,20,24-27,35,38,49,52,57-60,62-64,66,68-70,72-73H,4-16,18-19,21-23,28-34,36-37,39-48,50-51,53-56H2,1-3H3,(H,67,74)/b20-17-,26-24+,27-25-,38-35-,52-49+. The SMILES string of the molecule is CCCCC/C=C\C/C=C\C/C=C\CCCCCC(O)C(=O)NC(COC1OC(CO)C(O)C(O)C1OC(=O)CCCCCCCCCCCCC/C=C/CCCCCCCC)C(O)/C=C/CCCCCCCCCCC. The molecule has 8 unspecified atom stereocenters. The van der Waals surface area contributed by atoms with Gasteiger partial charge in [-0.15, -0.1) is 0 Å². The Labute approximate surface area is 471 Å². The van der Waals surface area contributed by atoms with Gasteiger partial charge in [-0.25, -0.2) is 0 Å². The van der Waals surface area contributed by atoms with Crippen molar-refractivity contribution >= 4 is 11.9 Å². The number of nitrogens with one attached hydrogen (secondary N) is 1. The van der Waals surface area contributed by atoms with Gasteiger partial charge in [0, 0.05) is 6.42 Å². The van der Waals surface area contributed by atoms with Gasteiger partial charge in [-0.1, -0.05) is 248 Å². The highest BCUT2D eigenvalue weighted by Crippen LogP contribution is 2.26. The molecular formula is C66H119NO10. The van der Waals surface area contributed by atoms with Crippen LogP contribution in [-0.2, 0) is 23.8 Å². The quantitative estimate of drug-likeness (QED) is 0.0195. The van der Waals surface area contributed by atoms with Gasteiger partial charge in [0.2, 0.25) is 5.91 Å². The van der Waals surface area contributed by atoms with E-state index in [1.807, 2.05) is 6.08 Å². The van der Waals surface area contributed by atoms with Gasteiger partial charge in [0.05, 0.1) is 25.4 Å². The second-order valence-corrected chi connectivity index (χ2v) is 22.1. The molecule has 6 N–H and O–H groups in total. The topological polar surface area (TPSA) is 175 Å². The van der Waals surface area contributed by atoms with Gasteiger partial charge >= 0.3 is 5.97 Å². The predicted octanol–water partition coefficient (Wildman–Crippen LogP) is 15.4. The van der Waals surface area contributed by atoms with E-state index in [0.29, 0.717) is 12.8 Å². The lowest BCUT2D eigenvalue weighted by atomic mass is 9.99. The lowest BCUT2D eigenvalue weighted by molar-refractivity contribution is -0.305. The van der Waals surface area contributed by atoms with Crippen LogP contribution in [0.15, 0.2) is 60.8 Å². The van der Waals surface area contributed by atoms with E-state index in [9.17, 15) is 35.1 Å². The molecular weight excluding hydrogens is 967 g/mol. The number of ether oxygens (including phenoxy) is 3. The first kappa shape index (κ1) is 72.4. The molecule has 0 spiro atoms. The summed E-state index contributed by atoms with van der Waals surface area (Å²) in [6.07, 6.45) is 56.9. The lowest BCUT2D eigenvalue weighted by Crippen LogP contribution is -2.61. The minimum Gasteiger partial charge on any atom is -0.454 e. The number of carbonyl (C=O) groups excluding carboxylic acids is 2. The Morgan fingerprint density at radius 1 is 0.506 bits per heavy atom. The van der Waals surface area contributed by atoms with Crippen molar-refractivity contribution in [3.05, 3.63) is 60.8 Å². The van der Waals surface area contributed by atoms with Crippen LogP contribution in [0.5, 0.6) is 0 Å². The van der Waals surface area contributed by atoms with Crippen molar-refractivity contribution in [2.24, 2.45) is 0 Å². The monoisotopic (exact) mass is 1090 g/mol. The second-order valence-electron chi connectivity index (χ2n) is 22.1. The van der Waals surface area contributed by atoms with Crippen molar-refractivity contribution in [3.63, 3.8) is 0 Å². The summed E-state index contributed by atoms with van der Waals surface area (Å²) in [6, 6.07) is -1.04. The molecule has 0 aromatic rings. The van der Waals surface area contributed by atoms with Crippen molar-refractivity contribution in [2.75, 3.05) is 13.2 Å². The van der Waals surface area contributed by atoms with Crippen LogP contribution in [0.2, 0.25) is 0 Å². The molecule has 0 radical (unpaired) electrons. The van der Waals surface area contributed by atoms with Crippen molar-refractivity contribution in [1.29, 1.82) is 0 Å². The first-order valence-corrected chi connectivity index (χ1v) is 32.1. The van der Waals surface area contributed by atoms with E-state index in [1.54, 1.807) is 6.08 Å². The van der Waals surface area contributed by atoms with Crippen LogP contribution < -0.4 is 5.32 Å². The molecule has 448 valence electrons. The summed E-state index contributed by atoms with van der Waals surface area (Å²) in [7, 11) is 0. The van der Waals surface area contributed by atoms with Crippen LogP contribution in [-0.4, -0.2) is 99.6 Å². The van der Waals surface area contributed by atoms with Crippen LogP contribution in [0.3, 0.4) is 0 Å². The fraction of sp³-hybridized carbons (Fsp3) is 0.818. The predicted molar refractivity (Wildman–Crippen MR) is 320 cm³/mol. The molecule has 1 saturated heterocycles. The van der Waals surface area contributed by atoms with Crippen LogP contribution in [0.1, 0.15) is 284 Å². The van der Waals surface area contributed by atoms with Crippen molar-refractivity contribution in [3.8, 4) is 0 Å². The van der Waals surface area contributed by atoms with Gasteiger partial charge in [0.1, 0.15) is 24.4 Å². The van der Waals surface area contributed by atoms with E-state index >= 15 is 0 Å². The normalized spacial score (nSPS) is 19.4. The van der Waals surface area contributed by atoms with E-state index in [0.717, 1.165) is 77.0 Å². The van der Waals surface area contributed by atoms with Crippen molar-refractivity contribution < 1.29 is 49.3 Å². The van der Waals surface area contributed by atoms with Crippen LogP contribution >= 0.6 is 0 Å². The van der Waals surface area contributed by atoms with Crippen LogP contribution in [0, 0.1) is 0 Å². The average Bonchev–Trinajstić information content (AvgIpc) is 3.43. The lowest BCUT2D eigenvalue weighted by Gasteiger charge is -2.41. The fourth-order valence-corrected chi connectivity index (χ4v) is 9.77. The third-order valence-corrected chi connectivity index (χ3v) is 14.9. The Balaban J connectivity index is 2.64. The van der Waals surface area contributed by atoms with Gasteiger partial charge in [-0.3, -0.25) is 9.59 Å². The van der Waals surface area contributed by atoms with Crippen molar-refractivity contribution in [2.45, 2.75) is 333 Å². The molecule has 0 aromatic heterocycles. The number of allylic oxidation sites excluding steroid dienone is 9. The molecule has 1 rings (SSSR count). The summed E-state index contributed by atoms with van der Waals surface area (Å²) < 4.78 is 17.6. The van der Waals surface area contributed by atoms with E-state index in [1.165, 1.54) is 161 Å². The first-order chi connectivity index (χ1) is 37.7. The summed E-state index contributed by atoms with van der Waals surface area (Å²) in [6.45, 7) is 5.75. The van der Waals surface area contributed by atoms with Gasteiger partial charge in [0.15, 0.2) is 12.4 Å². The summed E-state index contributed by atoms with van der Waals surface area (Å²) in [5.41, 5.74) is 0. The molecule has 1 heterocycles. The van der Waals surface area contributed by atoms with E-state index < -0.39 is 67.4 Å². The van der Waals surface area contributed by atoms with Crippen LogP contribution in [0.4, 0.5) is 0 Å². The average molecular weight is 1090 g/mol. The minimum atomic E-state index is -1.62. The number of carbonyl (C=O) groups is 2. The highest BCUT2D eigenvalue weighted by atomic mass is 16.7. The zero-order chi connectivity index (χ0) is 56.1. The zero-order valence-electron chi connectivity index (χ0n) is 49.6. The number of amides is 1. The third-order valence-electron chi connectivity index (χ3n) is 14.9. The van der Waals surface area contributed by atoms with Gasteiger partial charge < -0.3 is 45.1 Å². The highest BCUT2D eigenvalue weighted by Gasteiger charge is 2.47. The Morgan fingerprint density at radius 2 is 0.896 bits per heavy atom. The number of hydrogen-bond donors (Lipinski definition) is 6. The largest absolute Gasteiger partial charge is 0.454 e. The van der Waals surface area contributed by atoms with Gasteiger partial charge in [-0.2, -0.15) is 0 Å². The number of rotatable bonds is 54. The molecule has 0 saturated carbocycles. The Bertz CT molecular complexity index is 1480. The third kappa shape index (κ3) is 42.0. The molecule has 1 amide bonds. The van der Waals surface area contributed by atoms with Crippen LogP contribution in [0.25, 0.3) is 0 Å². The number of aliphatic hydroxyl groups excluding tert-OH is 5. The zero-order valence-corrected chi connectivity index (χ0v) is 49.6. The molecule has 11 heteroatoms. The summed E-state index contributed by atoms with van der Waals surface area (Å²) in [5, 5.41) is 57.0. The molecule has 77 heavy (non-hydrogen) atoms. The van der Waals surface area contributed by atoms with E-state index in [-0.39, 0.29) is 19.4 Å². The Morgan fingerprint density at radius 3 is 1.38 bits per heavy atom. The Kier molecular flexibility index (Phi) is 50.7. The number of unbranched alkanes of at least 4 members (excludes halogenated alkanes) is 32. The fourth-order valence-electron chi connectivity index (χ4n) is 9.77. The molecule has 8 atom stereocenters. The molecule has 1 fully saturated rings. The molecule has 0 bridgehead atoms. The maximum Gasteiger partial charge on any atom is 0.306 e. The van der Waals surface area contributed by atoms with Crippen molar-refractivity contribution in [1.82, 2.24) is 5.32 Å². The molecule has 1 aliphatic rings.